The molecule has 0 amide bonds. The predicted octanol–water partition coefficient (Wildman–Crippen LogP) is 4.38. The van der Waals surface area contributed by atoms with Crippen LogP contribution in [-0.2, 0) is 6.42 Å². The molecule has 0 spiro atoms. The van der Waals surface area contributed by atoms with Crippen LogP contribution in [0.4, 0.5) is 4.39 Å². The number of benzene rings is 2. The molecule has 0 fully saturated rings. The maximum absolute atomic E-state index is 13.8. The fraction of sp³-hybridized carbons (Fsp3) is 0.0909. The highest BCUT2D eigenvalue weighted by molar-refractivity contribution is 5.79. The highest BCUT2D eigenvalue weighted by Crippen LogP contribution is 2.21. The first-order valence-electron chi connectivity index (χ1n) is 8.98. The second kappa shape index (κ2) is 6.49. The van der Waals surface area contributed by atoms with Gasteiger partial charge in [-0.3, -0.25) is 4.98 Å². The highest BCUT2D eigenvalue weighted by Gasteiger charge is 2.11. The lowest BCUT2D eigenvalue weighted by molar-refractivity contribution is 0.627. The number of pyridine rings is 1. The molecular formula is C22H16FN5. The summed E-state index contributed by atoms with van der Waals surface area (Å²) >= 11 is 0. The number of aryl methyl sites for hydroxylation is 1. The Kier molecular flexibility index (Phi) is 3.83. The Bertz CT molecular complexity index is 1310. The van der Waals surface area contributed by atoms with Gasteiger partial charge in [0.15, 0.2) is 11.5 Å². The molecule has 0 aliphatic carbocycles. The van der Waals surface area contributed by atoms with E-state index in [9.17, 15) is 4.39 Å². The third-order valence-electron chi connectivity index (χ3n) is 4.69. The summed E-state index contributed by atoms with van der Waals surface area (Å²) in [5.41, 5.74) is 4.98. The third kappa shape index (κ3) is 2.99. The van der Waals surface area contributed by atoms with E-state index < -0.39 is 0 Å². The van der Waals surface area contributed by atoms with Crippen LogP contribution in [-0.4, -0.2) is 24.8 Å². The molecular weight excluding hydrogens is 353 g/mol. The van der Waals surface area contributed by atoms with Crippen LogP contribution in [0.5, 0.6) is 0 Å². The smallest absolute Gasteiger partial charge is 0.177 e. The van der Waals surface area contributed by atoms with Crippen molar-refractivity contribution in [1.29, 1.82) is 0 Å². The largest absolute Gasteiger partial charge is 0.256 e. The molecule has 3 aromatic heterocycles. The van der Waals surface area contributed by atoms with E-state index in [1.54, 1.807) is 10.7 Å². The summed E-state index contributed by atoms with van der Waals surface area (Å²) in [5.74, 6) is 0.457. The van der Waals surface area contributed by atoms with E-state index in [0.29, 0.717) is 17.8 Å². The number of hydrogen-bond acceptors (Lipinski definition) is 4. The molecule has 0 N–H and O–H groups in total. The zero-order chi connectivity index (χ0) is 19.1. The van der Waals surface area contributed by atoms with Gasteiger partial charge in [0.25, 0.3) is 0 Å². The van der Waals surface area contributed by atoms with Crippen molar-refractivity contribution in [2.24, 2.45) is 0 Å². The molecule has 28 heavy (non-hydrogen) atoms. The molecule has 0 aliphatic rings. The van der Waals surface area contributed by atoms with Crippen molar-refractivity contribution in [2.45, 2.75) is 13.3 Å². The van der Waals surface area contributed by atoms with Gasteiger partial charge in [0, 0.05) is 23.6 Å². The minimum absolute atomic E-state index is 0.273. The predicted molar refractivity (Wildman–Crippen MR) is 105 cm³/mol. The molecule has 136 valence electrons. The monoisotopic (exact) mass is 369 g/mol. The summed E-state index contributed by atoms with van der Waals surface area (Å²) in [6.45, 7) is 1.86. The fourth-order valence-electron chi connectivity index (χ4n) is 3.40. The number of halogens is 1. The van der Waals surface area contributed by atoms with Crippen molar-refractivity contribution in [3.8, 4) is 11.3 Å². The number of hydrogen-bond donors (Lipinski definition) is 0. The molecule has 0 bridgehead atoms. The van der Waals surface area contributed by atoms with Crippen molar-refractivity contribution in [3.63, 3.8) is 0 Å². The molecule has 0 aliphatic heterocycles. The molecule has 5 aromatic rings. The number of rotatable bonds is 3. The van der Waals surface area contributed by atoms with Gasteiger partial charge in [-0.1, -0.05) is 12.1 Å². The molecule has 0 atom stereocenters. The van der Waals surface area contributed by atoms with E-state index in [4.69, 9.17) is 0 Å². The van der Waals surface area contributed by atoms with Crippen molar-refractivity contribution < 1.29 is 4.39 Å². The minimum atomic E-state index is -0.273. The molecule has 5 rings (SSSR count). The topological polar surface area (TPSA) is 56.0 Å². The van der Waals surface area contributed by atoms with Gasteiger partial charge in [-0.15, -0.1) is 10.2 Å². The summed E-state index contributed by atoms with van der Waals surface area (Å²) in [6, 6.07) is 18.7. The van der Waals surface area contributed by atoms with E-state index in [0.717, 1.165) is 33.4 Å². The minimum Gasteiger partial charge on any atom is -0.256 e. The number of nitrogens with zero attached hydrogens (tertiary/aromatic N) is 5. The van der Waals surface area contributed by atoms with Crippen LogP contribution in [0.1, 0.15) is 17.0 Å². The van der Waals surface area contributed by atoms with Crippen LogP contribution in [0.15, 0.2) is 66.9 Å². The van der Waals surface area contributed by atoms with Gasteiger partial charge in [0.1, 0.15) is 5.82 Å². The standard InChI is InChI=1S/C22H16FN5/c1-14-9-17(13-18(23)10-14)20-6-7-21-25-26-22(28(21)27-20)12-15-4-5-19-16(11-15)3-2-8-24-19/h2-11,13H,12H2,1H3. The van der Waals surface area contributed by atoms with Crippen LogP contribution >= 0.6 is 0 Å². The fourth-order valence-corrected chi connectivity index (χ4v) is 3.40. The second-order valence-corrected chi connectivity index (χ2v) is 6.83. The highest BCUT2D eigenvalue weighted by atomic mass is 19.1. The van der Waals surface area contributed by atoms with Crippen molar-refractivity contribution in [3.05, 3.63) is 89.6 Å². The van der Waals surface area contributed by atoms with E-state index in [1.165, 1.54) is 12.1 Å². The van der Waals surface area contributed by atoms with Crippen LogP contribution in [0.3, 0.4) is 0 Å². The van der Waals surface area contributed by atoms with Gasteiger partial charge in [0.05, 0.1) is 11.2 Å². The first kappa shape index (κ1) is 16.5. The molecule has 0 radical (unpaired) electrons. The Morgan fingerprint density at radius 3 is 2.79 bits per heavy atom. The van der Waals surface area contributed by atoms with E-state index in [2.05, 4.69) is 26.3 Å². The van der Waals surface area contributed by atoms with Crippen LogP contribution < -0.4 is 0 Å². The molecule has 2 aromatic carbocycles. The average Bonchev–Trinajstić information content (AvgIpc) is 3.09. The number of fused-ring (bicyclic) bond motifs is 2. The van der Waals surface area contributed by atoms with Crippen LogP contribution in [0.25, 0.3) is 27.8 Å². The quantitative estimate of drug-likeness (QED) is 0.474. The van der Waals surface area contributed by atoms with Crippen molar-refractivity contribution in [1.82, 2.24) is 24.8 Å². The Morgan fingerprint density at radius 1 is 0.964 bits per heavy atom. The van der Waals surface area contributed by atoms with Gasteiger partial charge >= 0.3 is 0 Å². The van der Waals surface area contributed by atoms with Gasteiger partial charge in [0.2, 0.25) is 0 Å². The van der Waals surface area contributed by atoms with E-state index >= 15 is 0 Å². The lowest BCUT2D eigenvalue weighted by atomic mass is 10.1. The van der Waals surface area contributed by atoms with Crippen molar-refractivity contribution in [2.75, 3.05) is 0 Å². The summed E-state index contributed by atoms with van der Waals surface area (Å²) in [7, 11) is 0. The van der Waals surface area contributed by atoms with Gasteiger partial charge < -0.3 is 0 Å². The van der Waals surface area contributed by atoms with Gasteiger partial charge in [-0.25, -0.2) is 4.39 Å². The van der Waals surface area contributed by atoms with Gasteiger partial charge in [-0.2, -0.15) is 9.61 Å². The van der Waals surface area contributed by atoms with Crippen LogP contribution in [0, 0.1) is 12.7 Å². The maximum atomic E-state index is 13.8. The maximum Gasteiger partial charge on any atom is 0.177 e. The Morgan fingerprint density at radius 2 is 1.89 bits per heavy atom. The van der Waals surface area contributed by atoms with E-state index in [-0.39, 0.29) is 5.82 Å². The Labute approximate surface area is 160 Å². The summed E-state index contributed by atoms with van der Waals surface area (Å²) in [6.07, 6.45) is 2.37. The second-order valence-electron chi connectivity index (χ2n) is 6.83. The first-order chi connectivity index (χ1) is 13.7. The third-order valence-corrected chi connectivity index (χ3v) is 4.69. The number of aromatic nitrogens is 5. The first-order valence-corrected chi connectivity index (χ1v) is 8.98. The lowest BCUT2D eigenvalue weighted by Crippen LogP contribution is -2.01. The lowest BCUT2D eigenvalue weighted by Gasteiger charge is -2.05. The summed E-state index contributed by atoms with van der Waals surface area (Å²) < 4.78 is 15.5. The normalized spacial score (nSPS) is 11.4. The average molecular weight is 369 g/mol. The Hall–Kier alpha value is -3.67. The summed E-state index contributed by atoms with van der Waals surface area (Å²) in [4.78, 5) is 4.35. The zero-order valence-electron chi connectivity index (χ0n) is 15.2. The molecule has 0 saturated carbocycles. The Balaban J connectivity index is 1.55. The van der Waals surface area contributed by atoms with Gasteiger partial charge in [-0.05, 0) is 66.6 Å². The van der Waals surface area contributed by atoms with Crippen molar-refractivity contribution >= 4 is 16.6 Å². The van der Waals surface area contributed by atoms with Crippen LogP contribution in [0.2, 0.25) is 0 Å². The molecule has 6 heteroatoms. The molecule has 0 unspecified atom stereocenters. The SMILES string of the molecule is Cc1cc(F)cc(-c2ccc3nnc(Cc4ccc5ncccc5c4)n3n2)c1. The van der Waals surface area contributed by atoms with E-state index in [1.807, 2.05) is 49.4 Å². The molecule has 0 saturated heterocycles. The molecule has 3 heterocycles. The summed E-state index contributed by atoms with van der Waals surface area (Å²) in [5, 5.41) is 14.3. The molecule has 5 nitrogen and oxygen atoms in total. The zero-order valence-corrected chi connectivity index (χ0v) is 15.2.